The fourth-order valence-corrected chi connectivity index (χ4v) is 2.13. The van der Waals surface area contributed by atoms with E-state index in [-0.39, 0.29) is 0 Å². The normalized spacial score (nSPS) is 11.1. The monoisotopic (exact) mass is 272 g/mol. The number of hydrogen-bond acceptors (Lipinski definition) is 3. The van der Waals surface area contributed by atoms with E-state index in [0.29, 0.717) is 5.88 Å². The standard InChI is InChI=1S/C14H13ClN4/c1-9-3-12-13(4-10(9)2)19(8-18-12)14-7-16-11(5-15)6-17-14/h3-4,6-8H,5H2,1-2H3. The molecule has 3 aromatic rings. The molecule has 19 heavy (non-hydrogen) atoms. The topological polar surface area (TPSA) is 43.6 Å². The first-order valence-corrected chi connectivity index (χ1v) is 6.54. The van der Waals surface area contributed by atoms with Crippen LogP contribution in [0.15, 0.2) is 30.9 Å². The van der Waals surface area contributed by atoms with Gasteiger partial charge in [-0.1, -0.05) is 0 Å². The number of imidazole rings is 1. The predicted molar refractivity (Wildman–Crippen MR) is 75.7 cm³/mol. The molecule has 0 N–H and O–H groups in total. The number of rotatable bonds is 2. The van der Waals surface area contributed by atoms with E-state index in [4.69, 9.17) is 11.6 Å². The Balaban J connectivity index is 2.16. The fraction of sp³-hybridized carbons (Fsp3) is 0.214. The minimum Gasteiger partial charge on any atom is -0.282 e. The highest BCUT2D eigenvalue weighted by molar-refractivity contribution is 6.16. The van der Waals surface area contributed by atoms with Crippen LogP contribution in [0, 0.1) is 13.8 Å². The zero-order valence-electron chi connectivity index (χ0n) is 10.8. The number of alkyl halides is 1. The van der Waals surface area contributed by atoms with Gasteiger partial charge in [0, 0.05) is 0 Å². The van der Waals surface area contributed by atoms with E-state index in [2.05, 4.69) is 40.9 Å². The molecule has 2 heterocycles. The zero-order valence-corrected chi connectivity index (χ0v) is 11.5. The number of nitrogens with zero attached hydrogens (tertiary/aromatic N) is 4. The van der Waals surface area contributed by atoms with Gasteiger partial charge in [-0.2, -0.15) is 0 Å². The van der Waals surface area contributed by atoms with Gasteiger partial charge in [0.05, 0.1) is 35.0 Å². The zero-order chi connectivity index (χ0) is 13.4. The van der Waals surface area contributed by atoms with Crippen LogP contribution in [0.2, 0.25) is 0 Å². The summed E-state index contributed by atoms with van der Waals surface area (Å²) in [6, 6.07) is 4.20. The van der Waals surface area contributed by atoms with Gasteiger partial charge in [0.1, 0.15) is 6.33 Å². The van der Waals surface area contributed by atoms with Gasteiger partial charge in [0.15, 0.2) is 5.82 Å². The van der Waals surface area contributed by atoms with Crippen LogP contribution in [0.4, 0.5) is 0 Å². The highest BCUT2D eigenvalue weighted by Gasteiger charge is 2.07. The van der Waals surface area contributed by atoms with Crippen LogP contribution in [0.1, 0.15) is 16.8 Å². The van der Waals surface area contributed by atoms with Crippen molar-refractivity contribution in [2.75, 3.05) is 0 Å². The summed E-state index contributed by atoms with van der Waals surface area (Å²) in [5, 5.41) is 0. The van der Waals surface area contributed by atoms with Crippen molar-refractivity contribution in [1.29, 1.82) is 0 Å². The third-order valence-electron chi connectivity index (χ3n) is 3.24. The van der Waals surface area contributed by atoms with Gasteiger partial charge in [-0.15, -0.1) is 11.6 Å². The van der Waals surface area contributed by atoms with Gasteiger partial charge in [-0.25, -0.2) is 9.97 Å². The summed E-state index contributed by atoms with van der Waals surface area (Å²) in [5.41, 5.74) is 5.24. The van der Waals surface area contributed by atoms with Crippen molar-refractivity contribution in [3.8, 4) is 5.82 Å². The van der Waals surface area contributed by atoms with Crippen molar-refractivity contribution >= 4 is 22.6 Å². The molecule has 0 aliphatic heterocycles. The second-order valence-electron chi connectivity index (χ2n) is 4.54. The lowest BCUT2D eigenvalue weighted by atomic mass is 10.1. The minimum absolute atomic E-state index is 0.371. The first kappa shape index (κ1) is 12.1. The van der Waals surface area contributed by atoms with E-state index in [0.717, 1.165) is 22.5 Å². The first-order valence-electron chi connectivity index (χ1n) is 6.00. The summed E-state index contributed by atoms with van der Waals surface area (Å²) in [6.45, 7) is 4.18. The van der Waals surface area contributed by atoms with Gasteiger partial charge in [0.25, 0.3) is 0 Å². The third-order valence-corrected chi connectivity index (χ3v) is 3.51. The third kappa shape index (κ3) is 2.08. The van der Waals surface area contributed by atoms with E-state index in [9.17, 15) is 0 Å². The van der Waals surface area contributed by atoms with Crippen LogP contribution in [0.25, 0.3) is 16.9 Å². The van der Waals surface area contributed by atoms with Crippen molar-refractivity contribution in [1.82, 2.24) is 19.5 Å². The molecule has 0 saturated carbocycles. The molecule has 0 unspecified atom stereocenters. The average Bonchev–Trinajstić information content (AvgIpc) is 2.82. The van der Waals surface area contributed by atoms with Crippen LogP contribution < -0.4 is 0 Å². The number of aromatic nitrogens is 4. The Morgan fingerprint density at radius 1 is 1.05 bits per heavy atom. The molecule has 0 amide bonds. The van der Waals surface area contributed by atoms with E-state index in [1.165, 1.54) is 11.1 Å². The second-order valence-corrected chi connectivity index (χ2v) is 4.81. The van der Waals surface area contributed by atoms with Gasteiger partial charge in [0.2, 0.25) is 0 Å². The highest BCUT2D eigenvalue weighted by atomic mass is 35.5. The van der Waals surface area contributed by atoms with Gasteiger partial charge in [-0.3, -0.25) is 9.55 Å². The molecule has 3 rings (SSSR count). The molecule has 0 radical (unpaired) electrons. The Morgan fingerprint density at radius 2 is 1.84 bits per heavy atom. The number of hydrogen-bond donors (Lipinski definition) is 0. The molecular weight excluding hydrogens is 260 g/mol. The number of fused-ring (bicyclic) bond motifs is 1. The molecule has 0 saturated heterocycles. The Kier molecular flexibility index (Phi) is 2.95. The van der Waals surface area contributed by atoms with Gasteiger partial charge >= 0.3 is 0 Å². The smallest absolute Gasteiger partial charge is 0.156 e. The van der Waals surface area contributed by atoms with Crippen molar-refractivity contribution in [2.24, 2.45) is 0 Å². The molecule has 0 aliphatic carbocycles. The molecule has 0 aliphatic rings. The van der Waals surface area contributed by atoms with Crippen LogP contribution in [-0.4, -0.2) is 19.5 Å². The van der Waals surface area contributed by atoms with Crippen LogP contribution >= 0.6 is 11.6 Å². The summed E-state index contributed by atoms with van der Waals surface area (Å²) in [4.78, 5) is 13.0. The largest absolute Gasteiger partial charge is 0.282 e. The van der Waals surface area contributed by atoms with Crippen molar-refractivity contribution in [3.05, 3.63) is 47.7 Å². The summed E-state index contributed by atoms with van der Waals surface area (Å²) in [7, 11) is 0. The van der Waals surface area contributed by atoms with E-state index < -0.39 is 0 Å². The molecule has 0 fully saturated rings. The van der Waals surface area contributed by atoms with Crippen LogP contribution in [-0.2, 0) is 5.88 Å². The summed E-state index contributed by atoms with van der Waals surface area (Å²) in [6.07, 6.45) is 5.18. The van der Waals surface area contributed by atoms with Crippen LogP contribution in [0.3, 0.4) is 0 Å². The van der Waals surface area contributed by atoms with Crippen molar-refractivity contribution < 1.29 is 0 Å². The molecule has 5 heteroatoms. The van der Waals surface area contributed by atoms with E-state index >= 15 is 0 Å². The molecule has 1 aromatic carbocycles. The van der Waals surface area contributed by atoms with E-state index in [1.807, 2.05) is 4.57 Å². The summed E-state index contributed by atoms with van der Waals surface area (Å²) >= 11 is 5.72. The lowest BCUT2D eigenvalue weighted by Crippen LogP contribution is -1.98. The maximum atomic E-state index is 5.72. The number of aryl methyl sites for hydroxylation is 2. The Labute approximate surface area is 116 Å². The van der Waals surface area contributed by atoms with Gasteiger partial charge in [-0.05, 0) is 37.1 Å². The first-order chi connectivity index (χ1) is 9.19. The number of benzene rings is 1. The number of halogens is 1. The molecule has 0 spiro atoms. The molecule has 0 bridgehead atoms. The van der Waals surface area contributed by atoms with Gasteiger partial charge < -0.3 is 0 Å². The average molecular weight is 273 g/mol. The van der Waals surface area contributed by atoms with E-state index in [1.54, 1.807) is 18.7 Å². The molecular formula is C14H13ClN4. The fourth-order valence-electron chi connectivity index (χ4n) is 1.99. The highest BCUT2D eigenvalue weighted by Crippen LogP contribution is 2.20. The predicted octanol–water partition coefficient (Wildman–Crippen LogP) is 3.17. The van der Waals surface area contributed by atoms with Crippen molar-refractivity contribution in [3.63, 3.8) is 0 Å². The van der Waals surface area contributed by atoms with Crippen molar-refractivity contribution in [2.45, 2.75) is 19.7 Å². The maximum Gasteiger partial charge on any atom is 0.156 e. The molecule has 4 nitrogen and oxygen atoms in total. The lowest BCUT2D eigenvalue weighted by molar-refractivity contribution is 0.972. The molecule has 2 aromatic heterocycles. The maximum absolute atomic E-state index is 5.72. The lowest BCUT2D eigenvalue weighted by Gasteiger charge is -2.05. The Hall–Kier alpha value is -1.94. The van der Waals surface area contributed by atoms with Crippen LogP contribution in [0.5, 0.6) is 0 Å². The Morgan fingerprint density at radius 3 is 2.53 bits per heavy atom. The molecule has 0 atom stereocenters. The minimum atomic E-state index is 0.371. The summed E-state index contributed by atoms with van der Waals surface area (Å²) in [5.74, 6) is 1.12. The second kappa shape index (κ2) is 4.63. The summed E-state index contributed by atoms with van der Waals surface area (Å²) < 4.78 is 1.94. The Bertz CT molecular complexity index is 731. The SMILES string of the molecule is Cc1cc2ncn(-c3cnc(CCl)cn3)c2cc1C. The molecule has 96 valence electrons. The quantitative estimate of drug-likeness (QED) is 0.673.